The van der Waals surface area contributed by atoms with E-state index in [9.17, 15) is 13.6 Å². The van der Waals surface area contributed by atoms with Gasteiger partial charge in [0, 0.05) is 18.4 Å². The zero-order chi connectivity index (χ0) is 12.1. The molecule has 86 valence electrons. The summed E-state index contributed by atoms with van der Waals surface area (Å²) in [6.45, 7) is 5.58. The van der Waals surface area contributed by atoms with Gasteiger partial charge in [-0.1, -0.05) is 25.1 Å². The smallest absolute Gasteiger partial charge is 0.141 e. The lowest BCUT2D eigenvalue weighted by molar-refractivity contribution is -0.117. The Morgan fingerprint density at radius 3 is 2.38 bits per heavy atom. The monoisotopic (exact) mass is 224 g/mol. The lowest BCUT2D eigenvalue weighted by Gasteiger charge is -2.05. The first-order chi connectivity index (χ1) is 7.54. The average Bonchev–Trinajstić information content (AvgIpc) is 2.23. The van der Waals surface area contributed by atoms with Crippen LogP contribution < -0.4 is 0 Å². The summed E-state index contributed by atoms with van der Waals surface area (Å²) in [6.07, 6.45) is 0.674. The van der Waals surface area contributed by atoms with E-state index in [4.69, 9.17) is 0 Å². The van der Waals surface area contributed by atoms with Crippen LogP contribution >= 0.6 is 0 Å². The predicted octanol–water partition coefficient (Wildman–Crippen LogP) is 3.43. The molecule has 1 rings (SSSR count). The van der Waals surface area contributed by atoms with Gasteiger partial charge in [-0.05, 0) is 18.6 Å². The van der Waals surface area contributed by atoms with Crippen molar-refractivity contribution in [2.75, 3.05) is 0 Å². The first-order valence-corrected chi connectivity index (χ1v) is 5.15. The van der Waals surface area contributed by atoms with Crippen LogP contribution in [0.15, 0.2) is 30.4 Å². The van der Waals surface area contributed by atoms with Crippen molar-refractivity contribution < 1.29 is 13.6 Å². The summed E-state index contributed by atoms with van der Waals surface area (Å²) in [5.41, 5.74) is 0.623. The Labute approximate surface area is 93.8 Å². The topological polar surface area (TPSA) is 17.1 Å². The summed E-state index contributed by atoms with van der Waals surface area (Å²) in [5, 5.41) is 0. The van der Waals surface area contributed by atoms with E-state index in [-0.39, 0.29) is 24.2 Å². The molecule has 3 heteroatoms. The Morgan fingerprint density at radius 1 is 1.31 bits per heavy atom. The highest BCUT2D eigenvalue weighted by Crippen LogP contribution is 2.15. The Morgan fingerprint density at radius 2 is 1.88 bits per heavy atom. The first kappa shape index (κ1) is 12.6. The molecule has 0 unspecified atom stereocenters. The van der Waals surface area contributed by atoms with Crippen LogP contribution in [0.25, 0.3) is 0 Å². The maximum atomic E-state index is 13.2. The largest absolute Gasteiger partial charge is 0.299 e. The molecule has 0 radical (unpaired) electrons. The highest BCUT2D eigenvalue weighted by Gasteiger charge is 2.13. The molecule has 0 aliphatic carbocycles. The second kappa shape index (κ2) is 5.54. The standard InChI is InChI=1S/C13H14F2O/c1-3-9(2)7-10(16)8-11-12(14)5-4-6-13(11)15/h4-6H,2-3,7-8H2,1H3. The van der Waals surface area contributed by atoms with Crippen LogP contribution in [0.4, 0.5) is 8.78 Å². The number of halogens is 2. The van der Waals surface area contributed by atoms with Gasteiger partial charge >= 0.3 is 0 Å². The number of allylic oxidation sites excluding steroid dienone is 1. The normalized spacial score (nSPS) is 10.2. The Hall–Kier alpha value is -1.51. The maximum Gasteiger partial charge on any atom is 0.141 e. The minimum absolute atomic E-state index is 0.156. The fourth-order valence-electron chi connectivity index (χ4n) is 1.36. The molecule has 0 aliphatic heterocycles. The molecule has 0 aliphatic rings. The Balaban J connectivity index is 2.73. The van der Waals surface area contributed by atoms with Gasteiger partial charge in [-0.15, -0.1) is 0 Å². The average molecular weight is 224 g/mol. The van der Waals surface area contributed by atoms with Crippen molar-refractivity contribution >= 4 is 5.78 Å². The third-order valence-electron chi connectivity index (χ3n) is 2.38. The van der Waals surface area contributed by atoms with E-state index in [1.54, 1.807) is 0 Å². The molecule has 0 N–H and O–H groups in total. The van der Waals surface area contributed by atoms with Crippen LogP contribution in [-0.2, 0) is 11.2 Å². The van der Waals surface area contributed by atoms with Gasteiger partial charge in [0.15, 0.2) is 0 Å². The van der Waals surface area contributed by atoms with Crippen molar-refractivity contribution in [3.8, 4) is 0 Å². The van der Waals surface area contributed by atoms with Gasteiger partial charge in [-0.25, -0.2) is 8.78 Å². The fraction of sp³-hybridized carbons (Fsp3) is 0.308. The van der Waals surface area contributed by atoms with Crippen LogP contribution in [0.5, 0.6) is 0 Å². The molecule has 0 amide bonds. The molecular weight excluding hydrogens is 210 g/mol. The van der Waals surface area contributed by atoms with Crippen molar-refractivity contribution in [2.24, 2.45) is 0 Å². The number of hydrogen-bond acceptors (Lipinski definition) is 1. The number of carbonyl (C=O) groups excluding carboxylic acids is 1. The zero-order valence-electron chi connectivity index (χ0n) is 9.22. The molecule has 0 saturated heterocycles. The molecule has 0 fully saturated rings. The van der Waals surface area contributed by atoms with Crippen LogP contribution in [0.2, 0.25) is 0 Å². The first-order valence-electron chi connectivity index (χ1n) is 5.15. The lowest BCUT2D eigenvalue weighted by Crippen LogP contribution is -2.07. The summed E-state index contributed by atoms with van der Waals surface area (Å²) in [5.74, 6) is -1.55. The summed E-state index contributed by atoms with van der Waals surface area (Å²) in [7, 11) is 0. The van der Waals surface area contributed by atoms with Crippen molar-refractivity contribution in [1.29, 1.82) is 0 Å². The SMILES string of the molecule is C=C(CC)CC(=O)Cc1c(F)cccc1F. The van der Waals surface area contributed by atoms with Gasteiger partial charge in [-0.2, -0.15) is 0 Å². The van der Waals surface area contributed by atoms with E-state index < -0.39 is 11.6 Å². The second-order valence-electron chi connectivity index (χ2n) is 3.70. The lowest BCUT2D eigenvalue weighted by atomic mass is 10.0. The molecule has 0 aromatic heterocycles. The van der Waals surface area contributed by atoms with Gasteiger partial charge in [0.1, 0.15) is 17.4 Å². The fourth-order valence-corrected chi connectivity index (χ4v) is 1.36. The van der Waals surface area contributed by atoms with E-state index >= 15 is 0 Å². The van der Waals surface area contributed by atoms with Crippen molar-refractivity contribution in [1.82, 2.24) is 0 Å². The highest BCUT2D eigenvalue weighted by molar-refractivity contribution is 5.83. The van der Waals surface area contributed by atoms with Crippen molar-refractivity contribution in [3.63, 3.8) is 0 Å². The summed E-state index contributed by atoms with van der Waals surface area (Å²) in [4.78, 5) is 11.5. The second-order valence-corrected chi connectivity index (χ2v) is 3.70. The number of benzene rings is 1. The number of carbonyl (C=O) groups is 1. The molecule has 0 saturated carbocycles. The number of Topliss-reactive ketones (excluding diaryl/α,β-unsaturated/α-hetero) is 1. The quantitative estimate of drug-likeness (QED) is 0.700. The van der Waals surface area contributed by atoms with E-state index in [2.05, 4.69) is 6.58 Å². The minimum Gasteiger partial charge on any atom is -0.299 e. The molecule has 1 aromatic carbocycles. The molecule has 1 aromatic rings. The van der Waals surface area contributed by atoms with Crippen LogP contribution in [0.1, 0.15) is 25.3 Å². The van der Waals surface area contributed by atoms with Gasteiger partial charge < -0.3 is 0 Å². The maximum absolute atomic E-state index is 13.2. The predicted molar refractivity (Wildman–Crippen MR) is 59.1 cm³/mol. The molecule has 0 heterocycles. The molecule has 1 nitrogen and oxygen atoms in total. The number of ketones is 1. The van der Waals surface area contributed by atoms with E-state index in [0.29, 0.717) is 6.42 Å². The van der Waals surface area contributed by atoms with Crippen molar-refractivity contribution in [2.45, 2.75) is 26.2 Å². The van der Waals surface area contributed by atoms with Crippen molar-refractivity contribution in [3.05, 3.63) is 47.5 Å². The van der Waals surface area contributed by atoms with E-state index in [1.165, 1.54) is 6.07 Å². The molecule has 0 bridgehead atoms. The van der Waals surface area contributed by atoms with Crippen LogP contribution in [0.3, 0.4) is 0 Å². The van der Waals surface area contributed by atoms with Gasteiger partial charge in [0.2, 0.25) is 0 Å². The molecule has 0 atom stereocenters. The summed E-state index contributed by atoms with van der Waals surface area (Å²) < 4.78 is 26.4. The van der Waals surface area contributed by atoms with E-state index in [1.807, 2.05) is 6.92 Å². The number of rotatable bonds is 5. The third kappa shape index (κ3) is 3.26. The summed E-state index contributed by atoms with van der Waals surface area (Å²) in [6, 6.07) is 3.59. The van der Waals surface area contributed by atoms with Gasteiger partial charge in [-0.3, -0.25) is 4.79 Å². The molecular formula is C13H14F2O. The van der Waals surface area contributed by atoms with Gasteiger partial charge in [0.25, 0.3) is 0 Å². The summed E-state index contributed by atoms with van der Waals surface area (Å²) >= 11 is 0. The Kier molecular flexibility index (Phi) is 4.35. The molecule has 0 spiro atoms. The van der Waals surface area contributed by atoms with Gasteiger partial charge in [0.05, 0.1) is 0 Å². The molecule has 16 heavy (non-hydrogen) atoms. The van der Waals surface area contributed by atoms with Crippen LogP contribution in [-0.4, -0.2) is 5.78 Å². The Bertz CT molecular complexity index is 390. The third-order valence-corrected chi connectivity index (χ3v) is 2.38. The van der Waals surface area contributed by atoms with E-state index in [0.717, 1.165) is 17.7 Å². The van der Waals surface area contributed by atoms with Crippen LogP contribution in [0, 0.1) is 11.6 Å². The minimum atomic E-state index is -0.671. The zero-order valence-corrected chi connectivity index (χ0v) is 9.22. The highest BCUT2D eigenvalue weighted by atomic mass is 19.1. The number of hydrogen-bond donors (Lipinski definition) is 0.